The largest absolute Gasteiger partial charge is 0.383 e. The normalized spacial score (nSPS) is 20.8. The van der Waals surface area contributed by atoms with Gasteiger partial charge in [-0.25, -0.2) is 4.98 Å². The molecule has 0 saturated carbocycles. The number of hydrogen-bond donors (Lipinski definition) is 2. The molecule has 0 aromatic carbocycles. The van der Waals surface area contributed by atoms with E-state index in [2.05, 4.69) is 9.97 Å². The van der Waals surface area contributed by atoms with Crippen LogP contribution in [0, 0.1) is 0 Å². The van der Waals surface area contributed by atoms with Crippen LogP contribution in [0.1, 0.15) is 37.3 Å². The number of nitrogens with two attached hydrogens (primary N) is 1. The number of aromatic amines is 1. The Balaban J connectivity index is 2.34. The maximum absolute atomic E-state index is 11.9. The summed E-state index contributed by atoms with van der Waals surface area (Å²) in [6.07, 6.45) is -0.148. The van der Waals surface area contributed by atoms with Gasteiger partial charge in [-0.15, -0.1) is 0 Å². The fraction of sp³-hybridized carbons (Fsp3) is 0.636. The molecule has 2 rings (SSSR count). The molecule has 94 valence electrons. The van der Waals surface area contributed by atoms with Crippen LogP contribution in [0.25, 0.3) is 0 Å². The molecule has 0 bridgehead atoms. The van der Waals surface area contributed by atoms with Gasteiger partial charge in [-0.1, -0.05) is 13.8 Å². The molecule has 0 radical (unpaired) electrons. The summed E-state index contributed by atoms with van der Waals surface area (Å²) in [7, 11) is 0. The first-order chi connectivity index (χ1) is 8.09. The first-order valence-corrected chi connectivity index (χ1v) is 6.84. The molecule has 0 spiro atoms. The van der Waals surface area contributed by atoms with Crippen LogP contribution in [0.15, 0.2) is 4.79 Å². The van der Waals surface area contributed by atoms with Crippen LogP contribution < -0.4 is 11.3 Å². The molecule has 1 fully saturated rings. The highest BCUT2D eigenvalue weighted by molar-refractivity contribution is 7.99. The summed E-state index contributed by atoms with van der Waals surface area (Å²) in [5.74, 6) is 2.73. The molecule has 1 unspecified atom stereocenters. The van der Waals surface area contributed by atoms with E-state index in [4.69, 9.17) is 10.5 Å². The highest BCUT2D eigenvalue weighted by Crippen LogP contribution is 2.25. The average molecular weight is 255 g/mol. The van der Waals surface area contributed by atoms with Crippen LogP contribution in [-0.4, -0.2) is 28.1 Å². The van der Waals surface area contributed by atoms with E-state index < -0.39 is 0 Å². The van der Waals surface area contributed by atoms with Crippen LogP contribution >= 0.6 is 11.8 Å². The van der Waals surface area contributed by atoms with Gasteiger partial charge in [-0.2, -0.15) is 11.8 Å². The smallest absolute Gasteiger partial charge is 0.256 e. The number of nitrogens with one attached hydrogen (secondary N) is 1. The van der Waals surface area contributed by atoms with E-state index in [0.29, 0.717) is 23.8 Å². The van der Waals surface area contributed by atoms with E-state index in [-0.39, 0.29) is 17.6 Å². The molecule has 2 heterocycles. The summed E-state index contributed by atoms with van der Waals surface area (Å²) in [4.78, 5) is 19.0. The summed E-state index contributed by atoms with van der Waals surface area (Å²) in [5, 5.41) is 0. The van der Waals surface area contributed by atoms with Gasteiger partial charge in [0.05, 0.1) is 12.2 Å². The predicted octanol–water partition coefficient (Wildman–Crippen LogP) is 1.28. The number of ether oxygens (including phenoxy) is 1. The lowest BCUT2D eigenvalue weighted by Crippen LogP contribution is -2.25. The van der Waals surface area contributed by atoms with Crippen LogP contribution in [0.5, 0.6) is 0 Å². The topological polar surface area (TPSA) is 81.0 Å². The van der Waals surface area contributed by atoms with Crippen LogP contribution in [0.3, 0.4) is 0 Å². The van der Waals surface area contributed by atoms with Crippen molar-refractivity contribution in [1.82, 2.24) is 9.97 Å². The van der Waals surface area contributed by atoms with Crippen LogP contribution in [-0.2, 0) is 4.74 Å². The molecule has 1 saturated heterocycles. The molecule has 0 aliphatic carbocycles. The second-order valence-corrected chi connectivity index (χ2v) is 5.49. The minimum absolute atomic E-state index is 0.0712. The van der Waals surface area contributed by atoms with E-state index in [1.54, 1.807) is 11.8 Å². The highest BCUT2D eigenvalue weighted by Gasteiger charge is 2.21. The summed E-state index contributed by atoms with van der Waals surface area (Å²) in [6.45, 7) is 4.54. The van der Waals surface area contributed by atoms with E-state index in [1.807, 2.05) is 13.8 Å². The van der Waals surface area contributed by atoms with Gasteiger partial charge < -0.3 is 15.5 Å². The Bertz CT molecular complexity index is 453. The van der Waals surface area contributed by atoms with E-state index in [0.717, 1.165) is 11.5 Å². The average Bonchev–Trinajstić information content (AvgIpc) is 2.28. The summed E-state index contributed by atoms with van der Waals surface area (Å²) < 4.78 is 5.57. The Morgan fingerprint density at radius 3 is 2.88 bits per heavy atom. The maximum Gasteiger partial charge on any atom is 0.256 e. The third kappa shape index (κ3) is 2.63. The first-order valence-electron chi connectivity index (χ1n) is 5.68. The monoisotopic (exact) mass is 255 g/mol. The zero-order valence-electron chi connectivity index (χ0n) is 10.0. The number of nitrogen functional groups attached to an aromatic ring is 1. The summed E-state index contributed by atoms with van der Waals surface area (Å²) in [5.41, 5.74) is 6.24. The molecule has 5 nitrogen and oxygen atoms in total. The molecule has 17 heavy (non-hydrogen) atoms. The maximum atomic E-state index is 11.9. The second kappa shape index (κ2) is 5.10. The Morgan fingerprint density at radius 1 is 1.59 bits per heavy atom. The summed E-state index contributed by atoms with van der Waals surface area (Å²) in [6, 6.07) is 0. The van der Waals surface area contributed by atoms with Crippen molar-refractivity contribution in [2.24, 2.45) is 0 Å². The molecule has 6 heteroatoms. The zero-order valence-corrected chi connectivity index (χ0v) is 10.8. The van der Waals surface area contributed by atoms with Crippen molar-refractivity contribution < 1.29 is 4.74 Å². The van der Waals surface area contributed by atoms with Crippen molar-refractivity contribution in [1.29, 1.82) is 0 Å². The lowest BCUT2D eigenvalue weighted by Gasteiger charge is -2.22. The molecule has 1 aromatic heterocycles. The van der Waals surface area contributed by atoms with Gasteiger partial charge >= 0.3 is 0 Å². The zero-order chi connectivity index (χ0) is 12.4. The molecular formula is C11H17N3O2S. The minimum atomic E-state index is -0.151. The van der Waals surface area contributed by atoms with Crippen molar-refractivity contribution in [2.75, 3.05) is 23.8 Å². The molecule has 1 aliphatic heterocycles. The second-order valence-electron chi connectivity index (χ2n) is 4.34. The van der Waals surface area contributed by atoms with E-state index in [1.165, 1.54) is 0 Å². The van der Waals surface area contributed by atoms with Gasteiger partial charge in [0, 0.05) is 11.5 Å². The number of aromatic nitrogens is 2. The van der Waals surface area contributed by atoms with Gasteiger partial charge in [-0.3, -0.25) is 4.79 Å². The number of anilines is 1. The molecule has 1 aromatic rings. The fourth-order valence-electron chi connectivity index (χ4n) is 1.87. The van der Waals surface area contributed by atoms with Gasteiger partial charge in [-0.05, 0) is 5.92 Å². The third-order valence-electron chi connectivity index (χ3n) is 2.70. The van der Waals surface area contributed by atoms with Gasteiger partial charge in [0.1, 0.15) is 17.7 Å². The number of H-pyrrole nitrogens is 1. The standard InChI is InChI=1S/C11H17N3O2S/c1-6(2)8-9(12)13-10(14-11(8)15)7-5-17-4-3-16-7/h6-7H,3-5H2,1-2H3,(H3,12,13,14,15). The number of thioether (sulfide) groups is 1. The van der Waals surface area contributed by atoms with Crippen LogP contribution in [0.2, 0.25) is 0 Å². The van der Waals surface area contributed by atoms with Crippen molar-refractivity contribution >= 4 is 17.6 Å². The Kier molecular flexibility index (Phi) is 3.73. The van der Waals surface area contributed by atoms with Gasteiger partial charge in [0.2, 0.25) is 0 Å². The van der Waals surface area contributed by atoms with Crippen LogP contribution in [0.4, 0.5) is 5.82 Å². The SMILES string of the molecule is CC(C)c1c(N)nc(C2CSCCO2)[nH]c1=O. The Hall–Kier alpha value is -1.01. The highest BCUT2D eigenvalue weighted by atomic mass is 32.2. The number of hydrogen-bond acceptors (Lipinski definition) is 5. The lowest BCUT2D eigenvalue weighted by atomic mass is 10.1. The molecule has 1 atom stereocenters. The number of rotatable bonds is 2. The fourth-order valence-corrected chi connectivity index (χ4v) is 2.72. The minimum Gasteiger partial charge on any atom is -0.383 e. The third-order valence-corrected chi connectivity index (χ3v) is 3.70. The molecule has 0 amide bonds. The van der Waals surface area contributed by atoms with Crippen molar-refractivity contribution in [3.63, 3.8) is 0 Å². The Labute approximate surface area is 104 Å². The molecular weight excluding hydrogens is 238 g/mol. The van der Waals surface area contributed by atoms with E-state index >= 15 is 0 Å². The van der Waals surface area contributed by atoms with Crippen molar-refractivity contribution in [2.45, 2.75) is 25.9 Å². The lowest BCUT2D eigenvalue weighted by molar-refractivity contribution is 0.0693. The van der Waals surface area contributed by atoms with Gasteiger partial charge in [0.25, 0.3) is 5.56 Å². The van der Waals surface area contributed by atoms with Crippen molar-refractivity contribution in [3.05, 3.63) is 21.7 Å². The first kappa shape index (κ1) is 12.4. The molecule has 3 N–H and O–H groups in total. The summed E-state index contributed by atoms with van der Waals surface area (Å²) >= 11 is 1.79. The van der Waals surface area contributed by atoms with E-state index in [9.17, 15) is 4.79 Å². The molecule has 1 aliphatic rings. The quantitative estimate of drug-likeness (QED) is 0.832. The van der Waals surface area contributed by atoms with Crippen molar-refractivity contribution in [3.8, 4) is 0 Å². The van der Waals surface area contributed by atoms with Gasteiger partial charge in [0.15, 0.2) is 0 Å². The predicted molar refractivity (Wildman–Crippen MR) is 69.4 cm³/mol. The Morgan fingerprint density at radius 2 is 2.35 bits per heavy atom. The number of nitrogens with zero attached hydrogens (tertiary/aromatic N) is 1.